The molecule has 0 radical (unpaired) electrons. The number of rotatable bonds is 13. The molecule has 0 atom stereocenters. The van der Waals surface area contributed by atoms with E-state index in [4.69, 9.17) is 4.74 Å². The van der Waals surface area contributed by atoms with E-state index in [0.29, 0.717) is 35.3 Å². The van der Waals surface area contributed by atoms with Crippen LogP contribution < -0.4 is 4.74 Å². The zero-order valence-electron chi connectivity index (χ0n) is 21.2. The fraction of sp³-hybridized carbons (Fsp3) is 0.500. The summed E-state index contributed by atoms with van der Waals surface area (Å²) < 4.78 is 47.0. The first-order valence-corrected chi connectivity index (χ1v) is 12.9. The highest BCUT2D eigenvalue weighted by Gasteiger charge is 2.25. The summed E-state index contributed by atoms with van der Waals surface area (Å²) in [4.78, 5) is 14.7. The molecule has 0 saturated heterocycles. The molecule has 0 N–H and O–H groups in total. The Morgan fingerprint density at radius 2 is 1.62 bits per heavy atom. The van der Waals surface area contributed by atoms with E-state index in [1.807, 2.05) is 20.2 Å². The van der Waals surface area contributed by atoms with Gasteiger partial charge < -0.3 is 9.64 Å². The van der Waals surface area contributed by atoms with Crippen molar-refractivity contribution in [3.63, 3.8) is 0 Å². The highest BCUT2D eigenvalue weighted by molar-refractivity contribution is 7.89. The highest BCUT2D eigenvalue weighted by Crippen LogP contribution is 2.28. The summed E-state index contributed by atoms with van der Waals surface area (Å²) >= 11 is 0. The molecule has 0 aliphatic carbocycles. The van der Waals surface area contributed by atoms with Gasteiger partial charge in [-0.15, -0.1) is 0 Å². The lowest BCUT2D eigenvalue weighted by Crippen LogP contribution is -2.30. The zero-order chi connectivity index (χ0) is 25.5. The summed E-state index contributed by atoms with van der Waals surface area (Å²) in [6, 6.07) is 8.54. The average molecular weight is 493 g/mol. The maximum atomic E-state index is 14.4. The lowest BCUT2D eigenvalue weighted by atomic mass is 10.0. The molecule has 188 valence electrons. The molecule has 0 unspecified atom stereocenters. The summed E-state index contributed by atoms with van der Waals surface area (Å²) in [6.45, 7) is 4.45. The SMILES string of the molecule is COc1cc(C)c(S(=O)(=O)N(C)CCC(=O)CCc2ccc(CCCN(C)C)c(F)c2)c(C)c1. The molecule has 0 bridgehead atoms. The van der Waals surface area contributed by atoms with Gasteiger partial charge in [0.15, 0.2) is 0 Å². The lowest BCUT2D eigenvalue weighted by Gasteiger charge is -2.20. The maximum absolute atomic E-state index is 14.4. The Bertz CT molecular complexity index is 1080. The number of aryl methyl sites for hydroxylation is 4. The fourth-order valence-electron chi connectivity index (χ4n) is 3.94. The second kappa shape index (κ2) is 12.4. The number of nitrogens with zero attached hydrogens (tertiary/aromatic N) is 2. The molecule has 0 saturated carbocycles. The minimum absolute atomic E-state index is 0.0549. The van der Waals surface area contributed by atoms with Crippen molar-refractivity contribution < 1.29 is 22.3 Å². The molecule has 0 amide bonds. The molecule has 6 nitrogen and oxygen atoms in total. The second-order valence-electron chi connectivity index (χ2n) is 9.04. The van der Waals surface area contributed by atoms with Crippen molar-refractivity contribution in [1.29, 1.82) is 0 Å². The van der Waals surface area contributed by atoms with Crippen molar-refractivity contribution in [3.05, 3.63) is 58.4 Å². The number of hydrogen-bond donors (Lipinski definition) is 0. The molecule has 2 rings (SSSR count). The highest BCUT2D eigenvalue weighted by atomic mass is 32.2. The number of halogens is 1. The van der Waals surface area contributed by atoms with E-state index >= 15 is 0 Å². The molecule has 0 heterocycles. The van der Waals surface area contributed by atoms with Crippen molar-refractivity contribution >= 4 is 15.8 Å². The van der Waals surface area contributed by atoms with Gasteiger partial charge in [0.05, 0.1) is 12.0 Å². The quantitative estimate of drug-likeness (QED) is 0.420. The van der Waals surface area contributed by atoms with Crippen LogP contribution in [0.25, 0.3) is 0 Å². The van der Waals surface area contributed by atoms with E-state index in [9.17, 15) is 17.6 Å². The summed E-state index contributed by atoms with van der Waals surface area (Å²) in [5, 5.41) is 0. The van der Waals surface area contributed by atoms with E-state index in [2.05, 4.69) is 4.90 Å². The molecule has 2 aromatic rings. The summed E-state index contributed by atoms with van der Waals surface area (Å²) in [7, 11) is 3.26. The van der Waals surface area contributed by atoms with E-state index in [-0.39, 0.29) is 35.9 Å². The topological polar surface area (TPSA) is 66.9 Å². The summed E-state index contributed by atoms with van der Waals surface area (Å²) in [5.74, 6) is 0.310. The van der Waals surface area contributed by atoms with Gasteiger partial charge in [-0.05, 0) is 94.2 Å². The zero-order valence-corrected chi connectivity index (χ0v) is 22.0. The molecule has 2 aromatic carbocycles. The van der Waals surface area contributed by atoms with Crippen LogP contribution in [-0.4, -0.2) is 64.7 Å². The van der Waals surface area contributed by atoms with Crippen LogP contribution >= 0.6 is 0 Å². The van der Waals surface area contributed by atoms with Gasteiger partial charge in [0.2, 0.25) is 10.0 Å². The largest absolute Gasteiger partial charge is 0.497 e. The number of carbonyl (C=O) groups excluding carboxylic acids is 1. The molecule has 0 aliphatic rings. The van der Waals surface area contributed by atoms with Crippen LogP contribution in [0.1, 0.15) is 41.5 Å². The van der Waals surface area contributed by atoms with Gasteiger partial charge in [0.1, 0.15) is 17.3 Å². The van der Waals surface area contributed by atoms with Gasteiger partial charge >= 0.3 is 0 Å². The minimum Gasteiger partial charge on any atom is -0.497 e. The van der Waals surface area contributed by atoms with Crippen LogP contribution in [0.5, 0.6) is 5.75 Å². The Kier molecular flexibility index (Phi) is 10.2. The lowest BCUT2D eigenvalue weighted by molar-refractivity contribution is -0.119. The third-order valence-electron chi connectivity index (χ3n) is 5.90. The van der Waals surface area contributed by atoms with Gasteiger partial charge in [0.25, 0.3) is 0 Å². The summed E-state index contributed by atoms with van der Waals surface area (Å²) in [5.41, 5.74) is 2.66. The van der Waals surface area contributed by atoms with E-state index in [1.54, 1.807) is 32.0 Å². The molecular weight excluding hydrogens is 455 g/mol. The van der Waals surface area contributed by atoms with Gasteiger partial charge in [-0.3, -0.25) is 4.79 Å². The van der Waals surface area contributed by atoms with Crippen molar-refractivity contribution in [3.8, 4) is 5.75 Å². The van der Waals surface area contributed by atoms with Crippen LogP contribution in [0.2, 0.25) is 0 Å². The predicted octanol–water partition coefficient (Wildman–Crippen LogP) is 4.16. The van der Waals surface area contributed by atoms with Gasteiger partial charge in [-0.25, -0.2) is 17.1 Å². The number of ketones is 1. The van der Waals surface area contributed by atoms with Gasteiger partial charge in [-0.2, -0.15) is 0 Å². The molecular formula is C26H37FN2O4S. The number of ether oxygens (including phenoxy) is 1. The second-order valence-corrected chi connectivity index (χ2v) is 11.0. The number of hydrogen-bond acceptors (Lipinski definition) is 5. The number of Topliss-reactive ketones (excluding diaryl/α,β-unsaturated/α-hetero) is 1. The van der Waals surface area contributed by atoms with Gasteiger partial charge in [0, 0.05) is 26.4 Å². The Morgan fingerprint density at radius 3 is 2.18 bits per heavy atom. The third-order valence-corrected chi connectivity index (χ3v) is 8.07. The van der Waals surface area contributed by atoms with Crippen LogP contribution in [0.15, 0.2) is 35.2 Å². The Balaban J connectivity index is 1.91. The molecule has 0 aromatic heterocycles. The average Bonchev–Trinajstić information content (AvgIpc) is 2.76. The number of sulfonamides is 1. The van der Waals surface area contributed by atoms with Crippen molar-refractivity contribution in [1.82, 2.24) is 9.21 Å². The smallest absolute Gasteiger partial charge is 0.243 e. The number of benzene rings is 2. The van der Waals surface area contributed by atoms with Crippen LogP contribution in [-0.2, 0) is 27.7 Å². The first-order valence-electron chi connectivity index (χ1n) is 11.5. The predicted molar refractivity (Wildman–Crippen MR) is 134 cm³/mol. The first-order chi connectivity index (χ1) is 15.9. The van der Waals surface area contributed by atoms with Crippen LogP contribution in [0.4, 0.5) is 4.39 Å². The first kappa shape index (κ1) is 28.0. The normalized spacial score (nSPS) is 11.9. The standard InChI is InChI=1S/C26H37FN2O4S/c1-19-16-24(33-6)17-20(2)26(19)34(31,32)29(5)15-13-23(30)12-10-21-9-11-22(25(27)18-21)8-7-14-28(3)4/h9,11,16-18H,7-8,10,12-15H2,1-6H3. The fourth-order valence-corrected chi connectivity index (χ4v) is 5.51. The number of methoxy groups -OCH3 is 1. The van der Waals surface area contributed by atoms with Crippen molar-refractivity contribution in [2.75, 3.05) is 41.3 Å². The van der Waals surface area contributed by atoms with E-state index in [1.165, 1.54) is 24.5 Å². The van der Waals surface area contributed by atoms with Crippen molar-refractivity contribution in [2.24, 2.45) is 0 Å². The van der Waals surface area contributed by atoms with E-state index in [0.717, 1.165) is 18.5 Å². The van der Waals surface area contributed by atoms with Gasteiger partial charge in [-0.1, -0.05) is 12.1 Å². The Hall–Kier alpha value is -2.29. The monoisotopic (exact) mass is 492 g/mol. The summed E-state index contributed by atoms with van der Waals surface area (Å²) in [6.07, 6.45) is 2.34. The molecule has 8 heteroatoms. The van der Waals surface area contributed by atoms with E-state index < -0.39 is 10.0 Å². The molecule has 0 fully saturated rings. The molecule has 0 spiro atoms. The Labute approximate surface area is 203 Å². The maximum Gasteiger partial charge on any atom is 0.243 e. The minimum atomic E-state index is -3.74. The van der Waals surface area contributed by atoms with Crippen molar-refractivity contribution in [2.45, 2.75) is 50.8 Å². The molecule has 0 aliphatic heterocycles. The van der Waals surface area contributed by atoms with Crippen LogP contribution in [0, 0.1) is 19.7 Å². The number of carbonyl (C=O) groups is 1. The molecule has 34 heavy (non-hydrogen) atoms. The third kappa shape index (κ3) is 7.61. The van der Waals surface area contributed by atoms with Crippen LogP contribution in [0.3, 0.4) is 0 Å². The Morgan fingerprint density at radius 1 is 0.971 bits per heavy atom.